The van der Waals surface area contributed by atoms with Crippen LogP contribution in [0.15, 0.2) is 60.8 Å². The van der Waals surface area contributed by atoms with Gasteiger partial charge in [0.15, 0.2) is 6.10 Å². The molecule has 0 rings (SSSR count). The Labute approximate surface area is 498 Å². The molecule has 0 N–H and O–H groups in total. The van der Waals surface area contributed by atoms with Gasteiger partial charge in [0.05, 0.1) is 0 Å². The van der Waals surface area contributed by atoms with Crippen molar-refractivity contribution < 1.29 is 28.6 Å². The molecule has 6 heteroatoms. The zero-order valence-electron chi connectivity index (χ0n) is 53.6. The summed E-state index contributed by atoms with van der Waals surface area (Å²) in [6, 6.07) is 0. The topological polar surface area (TPSA) is 78.9 Å². The second-order valence-corrected chi connectivity index (χ2v) is 23.8. The molecule has 0 radical (unpaired) electrons. The van der Waals surface area contributed by atoms with Gasteiger partial charge in [-0.05, 0) is 77.0 Å². The van der Waals surface area contributed by atoms with Gasteiger partial charge in [-0.25, -0.2) is 0 Å². The van der Waals surface area contributed by atoms with Crippen LogP contribution in [0, 0.1) is 0 Å². The van der Waals surface area contributed by atoms with E-state index in [4.69, 9.17) is 14.2 Å². The molecule has 0 aliphatic rings. The lowest BCUT2D eigenvalue weighted by Gasteiger charge is -2.18. The van der Waals surface area contributed by atoms with E-state index in [-0.39, 0.29) is 31.1 Å². The number of hydrogen-bond donors (Lipinski definition) is 0. The van der Waals surface area contributed by atoms with Gasteiger partial charge < -0.3 is 14.2 Å². The van der Waals surface area contributed by atoms with Crippen LogP contribution in [-0.4, -0.2) is 37.2 Å². The summed E-state index contributed by atoms with van der Waals surface area (Å²) >= 11 is 0. The van der Waals surface area contributed by atoms with Gasteiger partial charge in [-0.1, -0.05) is 338 Å². The van der Waals surface area contributed by atoms with Crippen molar-refractivity contribution in [2.45, 2.75) is 380 Å². The zero-order valence-corrected chi connectivity index (χ0v) is 53.6. The number of carbonyl (C=O) groups is 3. The number of ether oxygens (including phenoxy) is 3. The summed E-state index contributed by atoms with van der Waals surface area (Å²) in [5, 5.41) is 0. The molecule has 0 aliphatic carbocycles. The Hall–Kier alpha value is -2.89. The molecule has 1 atom stereocenters. The van der Waals surface area contributed by atoms with Crippen molar-refractivity contribution in [3.63, 3.8) is 0 Å². The third kappa shape index (κ3) is 65.9. The number of esters is 3. The lowest BCUT2D eigenvalue weighted by molar-refractivity contribution is -0.167. The predicted molar refractivity (Wildman–Crippen MR) is 348 cm³/mol. The fourth-order valence-electron chi connectivity index (χ4n) is 10.5. The largest absolute Gasteiger partial charge is 0.462 e. The Morgan fingerprint density at radius 3 is 0.812 bits per heavy atom. The van der Waals surface area contributed by atoms with E-state index >= 15 is 0 Å². The van der Waals surface area contributed by atoms with E-state index in [0.717, 1.165) is 89.9 Å². The Morgan fingerprint density at radius 2 is 0.500 bits per heavy atom. The summed E-state index contributed by atoms with van der Waals surface area (Å²) in [6.07, 6.45) is 88.3. The number of hydrogen-bond acceptors (Lipinski definition) is 6. The first-order valence-electron chi connectivity index (χ1n) is 35.3. The Balaban J connectivity index is 4.16. The minimum atomic E-state index is -0.775. The van der Waals surface area contributed by atoms with Crippen molar-refractivity contribution in [3.8, 4) is 0 Å². The van der Waals surface area contributed by atoms with Crippen LogP contribution in [0.3, 0.4) is 0 Å². The Kier molecular flexibility index (Phi) is 66.1. The van der Waals surface area contributed by atoms with Gasteiger partial charge in [0.2, 0.25) is 0 Å². The molecule has 0 bridgehead atoms. The molecular weight excluding hydrogens is 985 g/mol. The number of rotatable bonds is 65. The van der Waals surface area contributed by atoms with E-state index in [9.17, 15) is 14.4 Å². The molecule has 0 aromatic heterocycles. The summed E-state index contributed by atoms with van der Waals surface area (Å²) in [5.74, 6) is -0.857. The van der Waals surface area contributed by atoms with E-state index in [0.29, 0.717) is 19.3 Å². The average molecular weight is 1120 g/mol. The van der Waals surface area contributed by atoms with Gasteiger partial charge in [0.1, 0.15) is 13.2 Å². The first kappa shape index (κ1) is 77.1. The normalized spacial score (nSPS) is 12.4. The van der Waals surface area contributed by atoms with E-state index in [1.54, 1.807) is 0 Å². The van der Waals surface area contributed by atoms with E-state index in [1.165, 1.54) is 244 Å². The molecule has 0 heterocycles. The quantitative estimate of drug-likeness (QED) is 0.0261. The lowest BCUT2D eigenvalue weighted by Crippen LogP contribution is -2.30. The summed E-state index contributed by atoms with van der Waals surface area (Å²) in [6.45, 7) is 6.55. The van der Waals surface area contributed by atoms with Crippen LogP contribution in [0.5, 0.6) is 0 Å². The average Bonchev–Trinajstić information content (AvgIpc) is 3.46. The van der Waals surface area contributed by atoms with Gasteiger partial charge in [0, 0.05) is 19.3 Å². The van der Waals surface area contributed by atoms with Crippen LogP contribution < -0.4 is 0 Å². The van der Waals surface area contributed by atoms with Crippen molar-refractivity contribution in [1.82, 2.24) is 0 Å². The molecule has 0 amide bonds. The number of allylic oxidation sites excluding steroid dienone is 10. The number of unbranched alkanes of at least 4 members (excludes halogenated alkanes) is 44. The van der Waals surface area contributed by atoms with Gasteiger partial charge in [0.25, 0.3) is 0 Å². The number of carbonyl (C=O) groups excluding carboxylic acids is 3. The fraction of sp³-hybridized carbons (Fsp3) is 0.824. The van der Waals surface area contributed by atoms with Crippen molar-refractivity contribution in [1.29, 1.82) is 0 Å². The summed E-state index contributed by atoms with van der Waals surface area (Å²) in [4.78, 5) is 38.4. The van der Waals surface area contributed by atoms with Gasteiger partial charge in [-0.2, -0.15) is 0 Å². The minimum absolute atomic E-state index is 0.0716. The van der Waals surface area contributed by atoms with Crippen molar-refractivity contribution >= 4 is 17.9 Å². The van der Waals surface area contributed by atoms with Crippen molar-refractivity contribution in [2.75, 3.05) is 13.2 Å². The highest BCUT2D eigenvalue weighted by Crippen LogP contribution is 2.18. The van der Waals surface area contributed by atoms with E-state index in [2.05, 4.69) is 81.5 Å². The van der Waals surface area contributed by atoms with Gasteiger partial charge >= 0.3 is 17.9 Å². The minimum Gasteiger partial charge on any atom is -0.462 e. The highest BCUT2D eigenvalue weighted by Gasteiger charge is 2.19. The van der Waals surface area contributed by atoms with Crippen molar-refractivity contribution in [3.05, 3.63) is 60.8 Å². The molecule has 466 valence electrons. The van der Waals surface area contributed by atoms with Crippen LogP contribution in [0.1, 0.15) is 374 Å². The molecule has 0 aliphatic heterocycles. The Morgan fingerprint density at radius 1 is 0.263 bits per heavy atom. The molecule has 0 spiro atoms. The van der Waals surface area contributed by atoms with Crippen LogP contribution in [0.4, 0.5) is 0 Å². The summed E-state index contributed by atoms with van der Waals surface area (Å²) in [7, 11) is 0. The lowest BCUT2D eigenvalue weighted by atomic mass is 10.0. The third-order valence-corrected chi connectivity index (χ3v) is 15.8. The van der Waals surface area contributed by atoms with Gasteiger partial charge in [-0.15, -0.1) is 0 Å². The predicted octanol–water partition coefficient (Wildman–Crippen LogP) is 24.3. The SMILES string of the molecule is CC/C=C\C/C=C\C/C=C\C/C=C\CCCCCCCCCCCCCCCCCCC(=O)OCC(COC(=O)CCCCCCC/C=C\CCCC)OC(=O)CCCCCCCCCCCCCCCCCCCCCCCC. The maximum Gasteiger partial charge on any atom is 0.306 e. The molecule has 0 aromatic rings. The molecule has 1 unspecified atom stereocenters. The first-order valence-corrected chi connectivity index (χ1v) is 35.3. The summed E-state index contributed by atoms with van der Waals surface area (Å²) in [5.41, 5.74) is 0. The first-order chi connectivity index (χ1) is 39.5. The van der Waals surface area contributed by atoms with Crippen LogP contribution in [0.25, 0.3) is 0 Å². The van der Waals surface area contributed by atoms with E-state index < -0.39 is 6.10 Å². The van der Waals surface area contributed by atoms with Crippen LogP contribution in [-0.2, 0) is 28.6 Å². The van der Waals surface area contributed by atoms with Gasteiger partial charge in [-0.3, -0.25) is 14.4 Å². The monoisotopic (exact) mass is 1120 g/mol. The Bertz CT molecular complexity index is 1430. The molecule has 0 aromatic carbocycles. The van der Waals surface area contributed by atoms with Crippen molar-refractivity contribution in [2.24, 2.45) is 0 Å². The zero-order chi connectivity index (χ0) is 57.8. The molecule has 6 nitrogen and oxygen atoms in total. The third-order valence-electron chi connectivity index (χ3n) is 15.8. The molecule has 0 fully saturated rings. The van der Waals surface area contributed by atoms with Crippen LogP contribution in [0.2, 0.25) is 0 Å². The summed E-state index contributed by atoms with van der Waals surface area (Å²) < 4.78 is 17.0. The fourth-order valence-corrected chi connectivity index (χ4v) is 10.5. The maximum absolute atomic E-state index is 12.9. The second kappa shape index (κ2) is 68.6. The van der Waals surface area contributed by atoms with E-state index in [1.807, 2.05) is 0 Å². The van der Waals surface area contributed by atoms with Crippen LogP contribution >= 0.6 is 0 Å². The second-order valence-electron chi connectivity index (χ2n) is 23.8. The molecular formula is C74H134O6. The molecule has 80 heavy (non-hydrogen) atoms. The molecule has 0 saturated carbocycles. The standard InChI is InChI=1S/C74H134O6/c1-4-7-10-13-16-19-22-24-26-28-30-32-34-35-36-37-38-39-40-42-43-45-47-49-52-55-58-61-64-67-73(76)79-70-71(69-78-72(75)66-63-60-57-54-51-21-18-15-12-9-6-3)80-74(77)68-65-62-59-56-53-50-48-46-44-41-33-31-29-27-25-23-20-17-14-11-8-5-2/h7,10,15-16,18-19,24,26,30,32,71H,4-6,8-9,11-14,17,20-23,25,27-29,31,33-70H2,1-3H3/b10-7-,18-15-,19-16-,26-24-,32-30-. The maximum atomic E-state index is 12.9. The highest BCUT2D eigenvalue weighted by atomic mass is 16.6. The molecule has 0 saturated heterocycles. The highest BCUT2D eigenvalue weighted by molar-refractivity contribution is 5.71. The smallest absolute Gasteiger partial charge is 0.306 e.